The summed E-state index contributed by atoms with van der Waals surface area (Å²) in [6.07, 6.45) is 2.55. The Morgan fingerprint density at radius 1 is 1.53 bits per heavy atom. The average Bonchev–Trinajstić information content (AvgIpc) is 2.99. The van der Waals surface area contributed by atoms with Gasteiger partial charge in [0.2, 0.25) is 5.91 Å². The zero-order valence-electron chi connectivity index (χ0n) is 10.0. The number of carboxylic acids is 1. The predicted molar refractivity (Wildman–Crippen MR) is 59.8 cm³/mol. The second kappa shape index (κ2) is 5.25. The summed E-state index contributed by atoms with van der Waals surface area (Å²) in [5, 5.41) is 22.0. The van der Waals surface area contributed by atoms with Crippen LogP contribution < -0.4 is 0 Å². The maximum Gasteiger partial charge on any atom is 0.358 e. The molecule has 0 saturated heterocycles. The van der Waals surface area contributed by atoms with Crippen LogP contribution in [0.5, 0.6) is 0 Å². The van der Waals surface area contributed by atoms with E-state index in [1.165, 1.54) is 22.1 Å². The maximum absolute atomic E-state index is 11.8. The van der Waals surface area contributed by atoms with Crippen molar-refractivity contribution in [2.45, 2.75) is 13.1 Å². The number of aromatic amines is 1. The fraction of sp³-hybridized carbons (Fsp3) is 0.333. The van der Waals surface area contributed by atoms with Crippen LogP contribution in [-0.4, -0.2) is 59.1 Å². The first-order chi connectivity index (χ1) is 9.06. The Labute approximate surface area is 107 Å². The molecule has 100 valence electrons. The average molecular weight is 265 g/mol. The number of nitrogens with zero attached hydrogens (tertiary/aromatic N) is 6. The van der Waals surface area contributed by atoms with Gasteiger partial charge in [-0.2, -0.15) is 5.10 Å². The third kappa shape index (κ3) is 3.12. The number of carbonyl (C=O) groups is 2. The summed E-state index contributed by atoms with van der Waals surface area (Å²) >= 11 is 0. The quantitative estimate of drug-likeness (QED) is 0.690. The standard InChI is InChI=1S/C9H11N7O3/c1-15(3-7-10-5-11-13-7)8(17)4-16-2-6(9(18)19)12-14-16/h2,5H,3-4H2,1H3,(H,18,19)(H,10,11,13). The molecular formula is C9H11N7O3. The molecule has 0 aromatic carbocycles. The van der Waals surface area contributed by atoms with Gasteiger partial charge in [0.25, 0.3) is 0 Å². The van der Waals surface area contributed by atoms with Crippen molar-refractivity contribution in [3.8, 4) is 0 Å². The van der Waals surface area contributed by atoms with Gasteiger partial charge in [0.1, 0.15) is 18.7 Å². The van der Waals surface area contributed by atoms with Crippen LogP contribution in [0.25, 0.3) is 0 Å². The van der Waals surface area contributed by atoms with Gasteiger partial charge in [0.05, 0.1) is 12.7 Å². The van der Waals surface area contributed by atoms with Crippen molar-refractivity contribution >= 4 is 11.9 Å². The molecule has 10 heteroatoms. The number of hydrogen-bond donors (Lipinski definition) is 2. The highest BCUT2D eigenvalue weighted by molar-refractivity contribution is 5.84. The van der Waals surface area contributed by atoms with Crippen LogP contribution in [0.4, 0.5) is 0 Å². The van der Waals surface area contributed by atoms with Crippen LogP contribution in [-0.2, 0) is 17.9 Å². The molecule has 2 aromatic rings. The molecule has 2 N–H and O–H groups in total. The van der Waals surface area contributed by atoms with Crippen molar-refractivity contribution in [1.29, 1.82) is 0 Å². The first kappa shape index (κ1) is 12.7. The van der Waals surface area contributed by atoms with E-state index in [1.54, 1.807) is 7.05 Å². The SMILES string of the molecule is CN(Cc1ncn[nH]1)C(=O)Cn1cc(C(=O)O)nn1. The number of amides is 1. The molecule has 0 aliphatic rings. The fourth-order valence-corrected chi connectivity index (χ4v) is 1.35. The number of carbonyl (C=O) groups excluding carboxylic acids is 1. The number of aromatic carboxylic acids is 1. The molecule has 0 saturated carbocycles. The molecule has 10 nitrogen and oxygen atoms in total. The lowest BCUT2D eigenvalue weighted by molar-refractivity contribution is -0.131. The van der Waals surface area contributed by atoms with Crippen molar-refractivity contribution in [3.05, 3.63) is 24.0 Å². The van der Waals surface area contributed by atoms with Gasteiger partial charge in [-0.15, -0.1) is 5.10 Å². The van der Waals surface area contributed by atoms with Crippen molar-refractivity contribution < 1.29 is 14.7 Å². The zero-order chi connectivity index (χ0) is 13.8. The molecule has 0 unspecified atom stereocenters. The van der Waals surface area contributed by atoms with E-state index in [0.717, 1.165) is 0 Å². The minimum atomic E-state index is -1.19. The highest BCUT2D eigenvalue weighted by atomic mass is 16.4. The van der Waals surface area contributed by atoms with E-state index in [4.69, 9.17) is 5.11 Å². The van der Waals surface area contributed by atoms with E-state index in [1.807, 2.05) is 0 Å². The third-order valence-electron chi connectivity index (χ3n) is 2.33. The molecule has 0 spiro atoms. The van der Waals surface area contributed by atoms with E-state index in [9.17, 15) is 9.59 Å². The van der Waals surface area contributed by atoms with Crippen molar-refractivity contribution in [3.63, 3.8) is 0 Å². The molecule has 0 radical (unpaired) electrons. The minimum Gasteiger partial charge on any atom is -0.476 e. The van der Waals surface area contributed by atoms with Gasteiger partial charge in [0, 0.05) is 7.05 Å². The number of rotatable bonds is 5. The Balaban J connectivity index is 1.94. The van der Waals surface area contributed by atoms with Gasteiger partial charge in [-0.05, 0) is 0 Å². The highest BCUT2D eigenvalue weighted by Crippen LogP contribution is 1.98. The second-order valence-corrected chi connectivity index (χ2v) is 3.79. The summed E-state index contributed by atoms with van der Waals surface area (Å²) < 4.78 is 1.17. The monoisotopic (exact) mass is 265 g/mol. The Hall–Kier alpha value is -2.78. The number of hydrogen-bond acceptors (Lipinski definition) is 6. The predicted octanol–water partition coefficient (Wildman–Crippen LogP) is -1.25. The molecule has 0 fully saturated rings. The van der Waals surface area contributed by atoms with Crippen molar-refractivity contribution in [2.75, 3.05) is 7.05 Å². The Morgan fingerprint density at radius 2 is 2.32 bits per heavy atom. The number of H-pyrrole nitrogens is 1. The second-order valence-electron chi connectivity index (χ2n) is 3.79. The molecule has 0 bridgehead atoms. The molecule has 2 rings (SSSR count). The lowest BCUT2D eigenvalue weighted by atomic mass is 10.4. The molecule has 0 aliphatic heterocycles. The lowest BCUT2D eigenvalue weighted by Crippen LogP contribution is -2.30. The first-order valence-electron chi connectivity index (χ1n) is 5.28. The summed E-state index contributed by atoms with van der Waals surface area (Å²) in [6.45, 7) is 0.185. The largest absolute Gasteiger partial charge is 0.476 e. The molecule has 0 aliphatic carbocycles. The Morgan fingerprint density at radius 3 is 2.89 bits per heavy atom. The summed E-state index contributed by atoms with van der Waals surface area (Å²) in [5.74, 6) is -0.882. The van der Waals surface area contributed by atoms with Gasteiger partial charge < -0.3 is 10.0 Å². The van der Waals surface area contributed by atoms with Crippen LogP contribution >= 0.6 is 0 Å². The number of likely N-dealkylation sites (N-methyl/N-ethyl adjacent to an activating group) is 1. The molecule has 2 heterocycles. The van der Waals surface area contributed by atoms with Crippen molar-refractivity contribution in [2.24, 2.45) is 0 Å². The smallest absolute Gasteiger partial charge is 0.358 e. The van der Waals surface area contributed by atoms with Crippen LogP contribution in [0, 0.1) is 0 Å². The fourth-order valence-electron chi connectivity index (χ4n) is 1.35. The van der Waals surface area contributed by atoms with Crippen LogP contribution in [0.1, 0.15) is 16.3 Å². The molecule has 1 amide bonds. The Kier molecular flexibility index (Phi) is 3.50. The van der Waals surface area contributed by atoms with Crippen LogP contribution in [0.2, 0.25) is 0 Å². The van der Waals surface area contributed by atoms with E-state index in [0.29, 0.717) is 5.82 Å². The van der Waals surface area contributed by atoms with E-state index >= 15 is 0 Å². The zero-order valence-corrected chi connectivity index (χ0v) is 10.0. The van der Waals surface area contributed by atoms with E-state index in [-0.39, 0.29) is 24.7 Å². The van der Waals surface area contributed by atoms with Gasteiger partial charge >= 0.3 is 5.97 Å². The summed E-state index contributed by atoms with van der Waals surface area (Å²) in [5.41, 5.74) is -0.203. The van der Waals surface area contributed by atoms with Crippen LogP contribution in [0.15, 0.2) is 12.5 Å². The number of carboxylic acid groups (broad SMARTS) is 1. The number of nitrogens with one attached hydrogen (secondary N) is 1. The Bertz CT molecular complexity index is 576. The van der Waals surface area contributed by atoms with Gasteiger partial charge in [-0.3, -0.25) is 9.89 Å². The van der Waals surface area contributed by atoms with E-state index in [2.05, 4.69) is 25.5 Å². The molecule has 0 atom stereocenters. The van der Waals surface area contributed by atoms with E-state index < -0.39 is 5.97 Å². The highest BCUT2D eigenvalue weighted by Gasteiger charge is 2.14. The van der Waals surface area contributed by atoms with Gasteiger partial charge in [-0.1, -0.05) is 5.21 Å². The van der Waals surface area contributed by atoms with Crippen LogP contribution in [0.3, 0.4) is 0 Å². The van der Waals surface area contributed by atoms with Gasteiger partial charge in [-0.25, -0.2) is 14.5 Å². The molecule has 19 heavy (non-hydrogen) atoms. The maximum atomic E-state index is 11.8. The number of aromatic nitrogens is 6. The summed E-state index contributed by atoms with van der Waals surface area (Å²) in [7, 11) is 1.60. The summed E-state index contributed by atoms with van der Waals surface area (Å²) in [4.78, 5) is 27.8. The lowest BCUT2D eigenvalue weighted by Gasteiger charge is -2.14. The minimum absolute atomic E-state index is 0.0923. The topological polar surface area (TPSA) is 130 Å². The summed E-state index contributed by atoms with van der Waals surface area (Å²) in [6, 6.07) is 0. The normalized spacial score (nSPS) is 10.4. The first-order valence-corrected chi connectivity index (χ1v) is 5.28. The molecular weight excluding hydrogens is 254 g/mol. The third-order valence-corrected chi connectivity index (χ3v) is 2.33. The van der Waals surface area contributed by atoms with Crippen molar-refractivity contribution in [1.82, 2.24) is 35.1 Å². The van der Waals surface area contributed by atoms with Gasteiger partial charge in [0.15, 0.2) is 5.69 Å². The molecule has 2 aromatic heterocycles.